The zero-order chi connectivity index (χ0) is 27.6. The summed E-state index contributed by atoms with van der Waals surface area (Å²) in [5.41, 5.74) is 7.74. The first-order chi connectivity index (χ1) is 18.1. The van der Waals surface area contributed by atoms with Crippen molar-refractivity contribution in [1.29, 1.82) is 0 Å². The van der Waals surface area contributed by atoms with Crippen molar-refractivity contribution in [1.82, 2.24) is 20.1 Å². The van der Waals surface area contributed by atoms with Crippen LogP contribution in [-0.2, 0) is 0 Å². The largest absolute Gasteiger partial charge is 0.457 e. The standard InChI is InChI=1S/C27H26F2N6O3/c1-15(2)24-16(3)26(35(33-24)20-12-17(28)11-18(29)13-20)34(27(30)37)19-5-7-21(8-6-19)38-22-9-10-32-23(14-22)25(36)31-4/h5-15H,1-4H3,(H2,30,37)(H,31,36). The lowest BCUT2D eigenvalue weighted by Gasteiger charge is -2.23. The van der Waals surface area contributed by atoms with Gasteiger partial charge in [0.2, 0.25) is 0 Å². The maximum Gasteiger partial charge on any atom is 0.325 e. The number of carbonyl (C=O) groups excluding carboxylic acids is 2. The molecule has 4 rings (SSSR count). The normalized spacial score (nSPS) is 10.9. The Labute approximate surface area is 217 Å². The van der Waals surface area contributed by atoms with Gasteiger partial charge in [-0.15, -0.1) is 0 Å². The summed E-state index contributed by atoms with van der Waals surface area (Å²) in [6.45, 7) is 5.61. The van der Waals surface area contributed by atoms with Crippen LogP contribution in [-0.4, -0.2) is 33.8 Å². The smallest absolute Gasteiger partial charge is 0.325 e. The molecule has 9 nitrogen and oxygen atoms in total. The molecule has 3 amide bonds. The van der Waals surface area contributed by atoms with Crippen LogP contribution in [0.15, 0.2) is 60.8 Å². The number of aromatic nitrogens is 3. The maximum absolute atomic E-state index is 14.1. The Kier molecular flexibility index (Phi) is 7.38. The quantitative estimate of drug-likeness (QED) is 0.341. The van der Waals surface area contributed by atoms with Crippen molar-refractivity contribution < 1.29 is 23.1 Å². The van der Waals surface area contributed by atoms with Gasteiger partial charge in [0, 0.05) is 30.9 Å². The molecule has 3 N–H and O–H groups in total. The van der Waals surface area contributed by atoms with E-state index in [1.54, 1.807) is 37.3 Å². The van der Waals surface area contributed by atoms with Gasteiger partial charge in [-0.3, -0.25) is 9.78 Å². The number of amides is 3. The van der Waals surface area contributed by atoms with Crippen LogP contribution in [0.25, 0.3) is 5.69 Å². The third-order valence-corrected chi connectivity index (χ3v) is 5.72. The molecule has 0 atom stereocenters. The molecule has 4 aromatic rings. The molecule has 2 aromatic carbocycles. The third-order valence-electron chi connectivity index (χ3n) is 5.72. The third kappa shape index (κ3) is 5.31. The molecule has 0 saturated carbocycles. The van der Waals surface area contributed by atoms with Crippen molar-refractivity contribution in [3.63, 3.8) is 0 Å². The molecule has 0 bridgehead atoms. The van der Waals surface area contributed by atoms with E-state index in [1.165, 1.54) is 28.9 Å². The number of carbonyl (C=O) groups is 2. The summed E-state index contributed by atoms with van der Waals surface area (Å²) in [4.78, 5) is 29.8. The minimum absolute atomic E-state index is 0.0426. The van der Waals surface area contributed by atoms with Crippen LogP contribution in [0, 0.1) is 18.6 Å². The summed E-state index contributed by atoms with van der Waals surface area (Å²) < 4.78 is 35.3. The van der Waals surface area contributed by atoms with Crippen LogP contribution >= 0.6 is 0 Å². The Morgan fingerprint density at radius 2 is 1.68 bits per heavy atom. The number of primary amides is 1. The Hall–Kier alpha value is -4.80. The number of nitrogens with zero attached hydrogens (tertiary/aromatic N) is 4. The van der Waals surface area contributed by atoms with Crippen LogP contribution in [0.5, 0.6) is 11.5 Å². The first-order valence-electron chi connectivity index (χ1n) is 11.7. The molecule has 0 fully saturated rings. The van der Waals surface area contributed by atoms with Gasteiger partial charge in [-0.05, 0) is 55.3 Å². The Morgan fingerprint density at radius 1 is 1.03 bits per heavy atom. The van der Waals surface area contributed by atoms with E-state index < -0.39 is 17.7 Å². The van der Waals surface area contributed by atoms with Gasteiger partial charge in [-0.2, -0.15) is 5.10 Å². The molecule has 0 saturated heterocycles. The molecule has 0 aliphatic carbocycles. The van der Waals surface area contributed by atoms with E-state index in [0.29, 0.717) is 28.4 Å². The first kappa shape index (κ1) is 26.3. The average Bonchev–Trinajstić information content (AvgIpc) is 3.21. The second kappa shape index (κ2) is 10.7. The van der Waals surface area contributed by atoms with Crippen LogP contribution in [0.4, 0.5) is 25.1 Å². The van der Waals surface area contributed by atoms with Crippen molar-refractivity contribution >= 4 is 23.4 Å². The minimum atomic E-state index is -0.820. The molecule has 0 unspecified atom stereocenters. The molecule has 38 heavy (non-hydrogen) atoms. The molecular formula is C27H26F2N6O3. The fourth-order valence-electron chi connectivity index (χ4n) is 4.04. The highest BCUT2D eigenvalue weighted by Crippen LogP contribution is 2.36. The lowest BCUT2D eigenvalue weighted by Crippen LogP contribution is -2.33. The molecule has 2 aromatic heterocycles. The van der Waals surface area contributed by atoms with Gasteiger partial charge in [0.25, 0.3) is 5.91 Å². The van der Waals surface area contributed by atoms with Crippen molar-refractivity contribution in [3.8, 4) is 17.2 Å². The van der Waals surface area contributed by atoms with E-state index in [4.69, 9.17) is 10.5 Å². The van der Waals surface area contributed by atoms with E-state index in [9.17, 15) is 18.4 Å². The molecular weight excluding hydrogens is 494 g/mol. The summed E-state index contributed by atoms with van der Waals surface area (Å²) in [6, 6.07) is 11.7. The van der Waals surface area contributed by atoms with E-state index >= 15 is 0 Å². The monoisotopic (exact) mass is 520 g/mol. The van der Waals surface area contributed by atoms with Crippen LogP contribution < -0.4 is 20.7 Å². The number of benzene rings is 2. The predicted molar refractivity (Wildman–Crippen MR) is 138 cm³/mol. The molecule has 0 spiro atoms. The summed E-state index contributed by atoms with van der Waals surface area (Å²) in [7, 11) is 1.50. The van der Waals surface area contributed by atoms with Gasteiger partial charge in [0.15, 0.2) is 0 Å². The Bertz CT molecular complexity index is 1480. The number of nitrogens with one attached hydrogen (secondary N) is 1. The van der Waals surface area contributed by atoms with Gasteiger partial charge in [-0.1, -0.05) is 13.8 Å². The molecule has 0 aliphatic heterocycles. The summed E-state index contributed by atoms with van der Waals surface area (Å²) in [6.07, 6.45) is 1.45. The van der Waals surface area contributed by atoms with Crippen molar-refractivity contribution in [3.05, 3.63) is 89.4 Å². The van der Waals surface area contributed by atoms with Crippen LogP contribution in [0.3, 0.4) is 0 Å². The molecule has 0 radical (unpaired) electrons. The van der Waals surface area contributed by atoms with Crippen molar-refractivity contribution in [2.45, 2.75) is 26.7 Å². The molecule has 11 heteroatoms. The fourth-order valence-corrected chi connectivity index (χ4v) is 4.04. The zero-order valence-corrected chi connectivity index (χ0v) is 21.2. The molecule has 2 heterocycles. The number of pyridine rings is 1. The number of hydrogen-bond acceptors (Lipinski definition) is 5. The highest BCUT2D eigenvalue weighted by atomic mass is 19.1. The zero-order valence-electron chi connectivity index (χ0n) is 21.2. The second-order valence-electron chi connectivity index (χ2n) is 8.75. The minimum Gasteiger partial charge on any atom is -0.457 e. The topological polar surface area (TPSA) is 115 Å². The highest BCUT2D eigenvalue weighted by Gasteiger charge is 2.27. The van der Waals surface area contributed by atoms with E-state index in [-0.39, 0.29) is 29.0 Å². The number of nitrogens with two attached hydrogens (primary N) is 1. The highest BCUT2D eigenvalue weighted by molar-refractivity contribution is 5.98. The van der Waals surface area contributed by atoms with Gasteiger partial charge in [-0.25, -0.2) is 23.2 Å². The fraction of sp³-hybridized carbons (Fsp3) is 0.185. The second-order valence-corrected chi connectivity index (χ2v) is 8.75. The number of ether oxygens (including phenoxy) is 1. The van der Waals surface area contributed by atoms with Gasteiger partial charge >= 0.3 is 6.03 Å². The van der Waals surface area contributed by atoms with Gasteiger partial charge in [0.05, 0.1) is 17.1 Å². The van der Waals surface area contributed by atoms with E-state index in [2.05, 4.69) is 15.4 Å². The summed E-state index contributed by atoms with van der Waals surface area (Å²) >= 11 is 0. The Morgan fingerprint density at radius 3 is 2.26 bits per heavy atom. The van der Waals surface area contributed by atoms with Gasteiger partial charge in [0.1, 0.15) is 34.6 Å². The number of halogens is 2. The number of rotatable bonds is 7. The number of hydrogen-bond donors (Lipinski definition) is 2. The lowest BCUT2D eigenvalue weighted by atomic mass is 10.1. The van der Waals surface area contributed by atoms with Crippen LogP contribution in [0.2, 0.25) is 0 Å². The first-order valence-corrected chi connectivity index (χ1v) is 11.7. The molecule has 0 aliphatic rings. The SMILES string of the molecule is CNC(=O)c1cc(Oc2ccc(N(C(N)=O)c3c(C)c(C(C)C)nn3-c3cc(F)cc(F)c3)cc2)ccn1. The van der Waals surface area contributed by atoms with Gasteiger partial charge < -0.3 is 15.8 Å². The predicted octanol–water partition coefficient (Wildman–Crippen LogP) is 5.35. The number of anilines is 2. The Balaban J connectivity index is 1.74. The van der Waals surface area contributed by atoms with E-state index in [1.807, 2.05) is 13.8 Å². The number of urea groups is 1. The lowest BCUT2D eigenvalue weighted by molar-refractivity contribution is 0.0957. The maximum atomic E-state index is 14.1. The summed E-state index contributed by atoms with van der Waals surface area (Å²) in [5, 5.41) is 7.06. The molecule has 196 valence electrons. The summed E-state index contributed by atoms with van der Waals surface area (Å²) in [5.74, 6) is -0.896. The average molecular weight is 521 g/mol. The van der Waals surface area contributed by atoms with Crippen molar-refractivity contribution in [2.24, 2.45) is 5.73 Å². The van der Waals surface area contributed by atoms with Crippen LogP contribution in [0.1, 0.15) is 41.5 Å². The van der Waals surface area contributed by atoms with E-state index in [0.717, 1.165) is 18.2 Å². The van der Waals surface area contributed by atoms with Crippen molar-refractivity contribution in [2.75, 3.05) is 11.9 Å².